The Morgan fingerprint density at radius 1 is 0.500 bits per heavy atom. The molecular weight excluding hydrogens is 488 g/mol. The lowest BCUT2D eigenvalue weighted by molar-refractivity contribution is 0.477. The van der Waals surface area contributed by atoms with Gasteiger partial charge in [-0.1, -0.05) is 91.0 Å². The first-order valence-corrected chi connectivity index (χ1v) is 13.5. The van der Waals surface area contributed by atoms with E-state index in [9.17, 15) is 0 Å². The molecule has 2 heterocycles. The molecule has 1 aliphatic rings. The van der Waals surface area contributed by atoms with Gasteiger partial charge in [-0.25, -0.2) is 4.98 Å². The van der Waals surface area contributed by atoms with Gasteiger partial charge in [0.05, 0.1) is 22.6 Å². The third kappa shape index (κ3) is 3.71. The highest BCUT2D eigenvalue weighted by molar-refractivity contribution is 6.00. The molecule has 0 radical (unpaired) electrons. The molecule has 0 amide bonds. The molecular formula is C37H24N2O. The van der Waals surface area contributed by atoms with Crippen molar-refractivity contribution < 1.29 is 4.74 Å². The van der Waals surface area contributed by atoms with E-state index in [-0.39, 0.29) is 0 Å². The van der Waals surface area contributed by atoms with Crippen molar-refractivity contribution in [2.45, 2.75) is 0 Å². The highest BCUT2D eigenvalue weighted by atomic mass is 16.5. The summed E-state index contributed by atoms with van der Waals surface area (Å²) in [6, 6.07) is 50.8. The van der Waals surface area contributed by atoms with Gasteiger partial charge in [0, 0.05) is 16.6 Å². The monoisotopic (exact) mass is 512 g/mol. The molecule has 0 unspecified atom stereocenters. The van der Waals surface area contributed by atoms with Crippen molar-refractivity contribution in [2.75, 3.05) is 4.90 Å². The molecule has 0 aliphatic carbocycles. The van der Waals surface area contributed by atoms with E-state index in [1.54, 1.807) is 0 Å². The molecule has 0 spiro atoms. The lowest BCUT2D eigenvalue weighted by Crippen LogP contribution is -2.15. The quantitative estimate of drug-likeness (QED) is 0.235. The second-order valence-electron chi connectivity index (χ2n) is 10.1. The lowest BCUT2D eigenvalue weighted by atomic mass is 9.96. The number of nitrogens with zero attached hydrogens (tertiary/aromatic N) is 2. The maximum absolute atomic E-state index is 6.25. The van der Waals surface area contributed by atoms with Crippen molar-refractivity contribution in [1.29, 1.82) is 0 Å². The van der Waals surface area contributed by atoms with Gasteiger partial charge in [-0.05, 0) is 76.5 Å². The molecule has 0 atom stereocenters. The molecule has 0 saturated carbocycles. The van der Waals surface area contributed by atoms with Gasteiger partial charge in [0.2, 0.25) is 0 Å². The van der Waals surface area contributed by atoms with Gasteiger partial charge in [0.25, 0.3) is 0 Å². The van der Waals surface area contributed by atoms with Gasteiger partial charge >= 0.3 is 0 Å². The van der Waals surface area contributed by atoms with Crippen LogP contribution in [0.4, 0.5) is 17.1 Å². The number of hydrogen-bond donors (Lipinski definition) is 0. The van der Waals surface area contributed by atoms with E-state index in [0.29, 0.717) is 0 Å². The summed E-state index contributed by atoms with van der Waals surface area (Å²) < 4.78 is 6.25. The molecule has 3 nitrogen and oxygen atoms in total. The summed E-state index contributed by atoms with van der Waals surface area (Å²) in [5.74, 6) is 1.68. The van der Waals surface area contributed by atoms with Crippen LogP contribution in [0.2, 0.25) is 0 Å². The Morgan fingerprint density at radius 3 is 1.95 bits per heavy atom. The van der Waals surface area contributed by atoms with E-state index in [1.807, 2.05) is 24.3 Å². The Hall–Kier alpha value is -5.41. The average Bonchev–Trinajstić information content (AvgIpc) is 3.03. The van der Waals surface area contributed by atoms with Crippen molar-refractivity contribution in [3.8, 4) is 33.9 Å². The summed E-state index contributed by atoms with van der Waals surface area (Å²) in [6.45, 7) is 0. The zero-order valence-corrected chi connectivity index (χ0v) is 21.7. The Morgan fingerprint density at radius 2 is 1.18 bits per heavy atom. The van der Waals surface area contributed by atoms with Crippen molar-refractivity contribution in [3.05, 3.63) is 146 Å². The largest absolute Gasteiger partial charge is 0.453 e. The molecule has 0 bridgehead atoms. The zero-order chi connectivity index (χ0) is 26.5. The topological polar surface area (TPSA) is 25.4 Å². The van der Waals surface area contributed by atoms with Crippen LogP contribution in [0.15, 0.2) is 146 Å². The van der Waals surface area contributed by atoms with E-state index < -0.39 is 0 Å². The van der Waals surface area contributed by atoms with Crippen LogP contribution < -0.4 is 9.64 Å². The van der Waals surface area contributed by atoms with Crippen molar-refractivity contribution >= 4 is 38.7 Å². The predicted molar refractivity (Wildman–Crippen MR) is 165 cm³/mol. The first-order chi connectivity index (χ1) is 19.8. The smallest absolute Gasteiger partial charge is 0.151 e. The Labute approximate surface area is 232 Å². The summed E-state index contributed by atoms with van der Waals surface area (Å²) in [5, 5.41) is 3.55. The number of benzene rings is 6. The molecule has 1 aromatic heterocycles. The lowest BCUT2D eigenvalue weighted by Gasteiger charge is -2.33. The average molecular weight is 513 g/mol. The van der Waals surface area contributed by atoms with Crippen LogP contribution in [0.1, 0.15) is 0 Å². The minimum absolute atomic E-state index is 0.842. The summed E-state index contributed by atoms with van der Waals surface area (Å²) in [5.41, 5.74) is 8.45. The minimum atomic E-state index is 0.842. The van der Waals surface area contributed by atoms with Crippen LogP contribution in [-0.2, 0) is 0 Å². The van der Waals surface area contributed by atoms with E-state index >= 15 is 0 Å². The first kappa shape index (κ1) is 22.6. The van der Waals surface area contributed by atoms with E-state index in [2.05, 4.69) is 126 Å². The highest BCUT2D eigenvalue weighted by Crippen LogP contribution is 2.50. The number of hydrogen-bond acceptors (Lipinski definition) is 3. The van der Waals surface area contributed by atoms with Gasteiger partial charge in [-0.3, -0.25) is 0 Å². The Bertz CT molecular complexity index is 2000. The third-order valence-corrected chi connectivity index (χ3v) is 7.61. The number of anilines is 3. The zero-order valence-electron chi connectivity index (χ0n) is 21.7. The standard InChI is InChI=1S/C37H24N2O/c1-2-11-26(12-3-1)30-24-33(28-19-18-25-10-4-5-13-27(25)22-28)38-32-21-20-29(23-31(30)32)39-34-14-6-8-16-36(34)40-37-17-9-7-15-35(37)39/h1-24H. The van der Waals surface area contributed by atoms with Gasteiger partial charge < -0.3 is 9.64 Å². The number of para-hydroxylation sites is 4. The van der Waals surface area contributed by atoms with Crippen LogP contribution in [0.3, 0.4) is 0 Å². The van der Waals surface area contributed by atoms with Crippen molar-refractivity contribution in [3.63, 3.8) is 0 Å². The number of pyridine rings is 1. The molecule has 1 aliphatic heterocycles. The predicted octanol–water partition coefficient (Wildman–Crippen LogP) is 10.3. The van der Waals surface area contributed by atoms with Crippen molar-refractivity contribution in [1.82, 2.24) is 4.98 Å². The van der Waals surface area contributed by atoms with Crippen LogP contribution in [0.25, 0.3) is 44.1 Å². The molecule has 0 N–H and O–H groups in total. The Balaban J connectivity index is 1.35. The highest BCUT2D eigenvalue weighted by Gasteiger charge is 2.25. The number of ether oxygens (including phenoxy) is 1. The molecule has 0 fully saturated rings. The first-order valence-electron chi connectivity index (χ1n) is 13.5. The second-order valence-corrected chi connectivity index (χ2v) is 10.1. The van der Waals surface area contributed by atoms with E-state index in [1.165, 1.54) is 10.8 Å². The number of rotatable bonds is 3. The van der Waals surface area contributed by atoms with Crippen LogP contribution in [0.5, 0.6) is 11.5 Å². The fourth-order valence-corrected chi connectivity index (χ4v) is 5.69. The molecule has 8 rings (SSSR count). The summed E-state index contributed by atoms with van der Waals surface area (Å²) in [6.07, 6.45) is 0. The maximum Gasteiger partial charge on any atom is 0.151 e. The van der Waals surface area contributed by atoms with Gasteiger partial charge in [-0.2, -0.15) is 0 Å². The normalized spacial score (nSPS) is 12.2. The second kappa shape index (κ2) is 9.11. The van der Waals surface area contributed by atoms with Crippen LogP contribution >= 0.6 is 0 Å². The summed E-state index contributed by atoms with van der Waals surface area (Å²) in [7, 11) is 0. The third-order valence-electron chi connectivity index (χ3n) is 7.61. The number of fused-ring (bicyclic) bond motifs is 4. The van der Waals surface area contributed by atoms with Gasteiger partial charge in [-0.15, -0.1) is 0 Å². The Kier molecular flexibility index (Phi) is 5.14. The summed E-state index contributed by atoms with van der Waals surface area (Å²) >= 11 is 0. The molecule has 3 heteroatoms. The molecule has 40 heavy (non-hydrogen) atoms. The maximum atomic E-state index is 6.25. The molecule has 7 aromatic rings. The van der Waals surface area contributed by atoms with Crippen LogP contribution in [-0.4, -0.2) is 4.98 Å². The van der Waals surface area contributed by atoms with E-state index in [4.69, 9.17) is 9.72 Å². The van der Waals surface area contributed by atoms with Crippen molar-refractivity contribution in [2.24, 2.45) is 0 Å². The minimum Gasteiger partial charge on any atom is -0.453 e. The van der Waals surface area contributed by atoms with Crippen LogP contribution in [0, 0.1) is 0 Å². The summed E-state index contributed by atoms with van der Waals surface area (Å²) in [4.78, 5) is 7.45. The molecule has 6 aromatic carbocycles. The van der Waals surface area contributed by atoms with Gasteiger partial charge in [0.15, 0.2) is 11.5 Å². The van der Waals surface area contributed by atoms with E-state index in [0.717, 1.165) is 61.8 Å². The molecule has 0 saturated heterocycles. The SMILES string of the molecule is c1ccc(-c2cc(-c3ccc4ccccc4c3)nc3ccc(N4c5ccccc5Oc5ccccc54)cc23)cc1. The fraction of sp³-hybridized carbons (Fsp3) is 0. The number of aromatic nitrogens is 1. The fourth-order valence-electron chi connectivity index (χ4n) is 5.69. The van der Waals surface area contributed by atoms with Gasteiger partial charge in [0.1, 0.15) is 0 Å². The molecule has 188 valence electrons.